The maximum atomic E-state index is 14.3. The average Bonchev–Trinajstić information content (AvgIpc) is 3.28. The lowest BCUT2D eigenvalue weighted by Crippen LogP contribution is -2.38. The van der Waals surface area contributed by atoms with Crippen LogP contribution in [0.2, 0.25) is 0 Å². The standard InChI is InChI=1S/C21H22FN3O2/c1-12(2)18-9-6-10-25(18)21(26)15-11-17(14-7-4-5-8-16(14)22)23-20-19(15)13(3)24-27-20/h4-5,7-8,11-12,18H,6,9-10H2,1-3H3/t18-/m0/s1. The molecule has 1 fully saturated rings. The molecule has 6 heteroatoms. The van der Waals surface area contributed by atoms with Crippen molar-refractivity contribution in [3.05, 3.63) is 47.4 Å². The van der Waals surface area contributed by atoms with E-state index in [4.69, 9.17) is 4.52 Å². The van der Waals surface area contributed by atoms with Gasteiger partial charge in [0.1, 0.15) is 5.82 Å². The first-order valence-electron chi connectivity index (χ1n) is 9.30. The molecule has 0 unspecified atom stereocenters. The molecule has 1 aliphatic heterocycles. The highest BCUT2D eigenvalue weighted by Gasteiger charge is 2.33. The van der Waals surface area contributed by atoms with Crippen molar-refractivity contribution in [2.24, 2.45) is 5.92 Å². The number of amides is 1. The molecule has 1 saturated heterocycles. The summed E-state index contributed by atoms with van der Waals surface area (Å²) in [7, 11) is 0. The zero-order chi connectivity index (χ0) is 19.1. The molecule has 1 amide bonds. The molecule has 4 rings (SSSR count). The lowest BCUT2D eigenvalue weighted by Gasteiger charge is -2.28. The Bertz CT molecular complexity index is 1010. The summed E-state index contributed by atoms with van der Waals surface area (Å²) in [5, 5.41) is 4.58. The van der Waals surface area contributed by atoms with Gasteiger partial charge in [0.05, 0.1) is 22.3 Å². The molecule has 0 saturated carbocycles. The fourth-order valence-electron chi connectivity index (χ4n) is 3.96. The van der Waals surface area contributed by atoms with Gasteiger partial charge in [0, 0.05) is 18.2 Å². The van der Waals surface area contributed by atoms with Crippen LogP contribution in [0.25, 0.3) is 22.4 Å². The van der Waals surface area contributed by atoms with Crippen molar-refractivity contribution in [3.63, 3.8) is 0 Å². The number of fused-ring (bicyclic) bond motifs is 1. The molecule has 0 radical (unpaired) electrons. The van der Waals surface area contributed by atoms with Crippen LogP contribution in [0.1, 0.15) is 42.7 Å². The Morgan fingerprint density at radius 2 is 2.11 bits per heavy atom. The van der Waals surface area contributed by atoms with Crippen molar-refractivity contribution in [2.75, 3.05) is 6.54 Å². The monoisotopic (exact) mass is 367 g/mol. The van der Waals surface area contributed by atoms with E-state index in [1.807, 2.05) is 4.90 Å². The van der Waals surface area contributed by atoms with Crippen molar-refractivity contribution >= 4 is 17.0 Å². The molecule has 140 valence electrons. The number of likely N-dealkylation sites (tertiary alicyclic amines) is 1. The third-order valence-corrected chi connectivity index (χ3v) is 5.33. The molecule has 2 aromatic heterocycles. The van der Waals surface area contributed by atoms with Gasteiger partial charge in [-0.05, 0) is 43.9 Å². The topological polar surface area (TPSA) is 59.2 Å². The number of aromatic nitrogens is 2. The maximum absolute atomic E-state index is 14.3. The van der Waals surface area contributed by atoms with Crippen LogP contribution >= 0.6 is 0 Å². The number of nitrogens with zero attached hydrogens (tertiary/aromatic N) is 3. The molecule has 3 aromatic rings. The number of rotatable bonds is 3. The second-order valence-electron chi connectivity index (χ2n) is 7.44. The number of aryl methyl sites for hydroxylation is 1. The van der Waals surface area contributed by atoms with Gasteiger partial charge in [0.15, 0.2) is 0 Å². The van der Waals surface area contributed by atoms with Crippen molar-refractivity contribution < 1.29 is 13.7 Å². The van der Waals surface area contributed by atoms with E-state index in [1.165, 1.54) is 6.07 Å². The number of carbonyl (C=O) groups is 1. The zero-order valence-electron chi connectivity index (χ0n) is 15.7. The smallest absolute Gasteiger partial charge is 0.259 e. The van der Waals surface area contributed by atoms with Crippen molar-refractivity contribution in [3.8, 4) is 11.3 Å². The summed E-state index contributed by atoms with van der Waals surface area (Å²) in [5.74, 6) is -0.0777. The summed E-state index contributed by atoms with van der Waals surface area (Å²) < 4.78 is 19.6. The van der Waals surface area contributed by atoms with Gasteiger partial charge >= 0.3 is 0 Å². The number of hydrogen-bond donors (Lipinski definition) is 0. The van der Waals surface area contributed by atoms with E-state index in [0.29, 0.717) is 33.8 Å². The largest absolute Gasteiger partial charge is 0.335 e. The Kier molecular flexibility index (Phi) is 4.42. The van der Waals surface area contributed by atoms with Crippen LogP contribution < -0.4 is 0 Å². The van der Waals surface area contributed by atoms with Crippen LogP contribution in [0.3, 0.4) is 0 Å². The van der Waals surface area contributed by atoms with E-state index in [1.54, 1.807) is 31.2 Å². The van der Waals surface area contributed by atoms with Crippen LogP contribution in [0.5, 0.6) is 0 Å². The molecule has 0 spiro atoms. The molecule has 0 bridgehead atoms. The van der Waals surface area contributed by atoms with E-state index in [-0.39, 0.29) is 23.5 Å². The van der Waals surface area contributed by atoms with Crippen molar-refractivity contribution in [2.45, 2.75) is 39.7 Å². The number of benzene rings is 1. The predicted molar refractivity (Wildman–Crippen MR) is 101 cm³/mol. The number of pyridine rings is 1. The average molecular weight is 367 g/mol. The fraction of sp³-hybridized carbons (Fsp3) is 0.381. The van der Waals surface area contributed by atoms with Crippen LogP contribution in [0.4, 0.5) is 4.39 Å². The molecule has 27 heavy (non-hydrogen) atoms. The van der Waals surface area contributed by atoms with Gasteiger partial charge in [-0.3, -0.25) is 4.79 Å². The summed E-state index contributed by atoms with van der Waals surface area (Å²) >= 11 is 0. The first-order chi connectivity index (χ1) is 13.0. The van der Waals surface area contributed by atoms with Crippen LogP contribution in [0.15, 0.2) is 34.9 Å². The van der Waals surface area contributed by atoms with Gasteiger partial charge in [-0.25, -0.2) is 9.37 Å². The molecule has 0 N–H and O–H groups in total. The van der Waals surface area contributed by atoms with Gasteiger partial charge < -0.3 is 9.42 Å². The molecule has 1 aliphatic rings. The van der Waals surface area contributed by atoms with Gasteiger partial charge in [0.25, 0.3) is 11.6 Å². The second kappa shape index (κ2) is 6.76. The summed E-state index contributed by atoms with van der Waals surface area (Å²) in [6.07, 6.45) is 1.99. The molecular formula is C21H22FN3O2. The number of hydrogen-bond acceptors (Lipinski definition) is 4. The zero-order valence-corrected chi connectivity index (χ0v) is 15.7. The lowest BCUT2D eigenvalue weighted by atomic mass is 10.00. The summed E-state index contributed by atoms with van der Waals surface area (Å²) in [4.78, 5) is 19.8. The normalized spacial score (nSPS) is 17.2. The van der Waals surface area contributed by atoms with Crippen LogP contribution in [-0.2, 0) is 0 Å². The molecule has 3 heterocycles. The van der Waals surface area contributed by atoms with Crippen LogP contribution in [0, 0.1) is 18.7 Å². The number of halogens is 1. The predicted octanol–water partition coefficient (Wildman–Crippen LogP) is 4.60. The minimum absolute atomic E-state index is 0.0671. The third kappa shape index (κ3) is 2.99. The Labute approximate surface area is 157 Å². The maximum Gasteiger partial charge on any atom is 0.259 e. The Balaban J connectivity index is 1.87. The molecule has 1 atom stereocenters. The SMILES string of the molecule is Cc1noc2nc(-c3ccccc3F)cc(C(=O)N3CCC[C@H]3C(C)C)c12. The third-order valence-electron chi connectivity index (χ3n) is 5.33. The van der Waals surface area contributed by atoms with Crippen LogP contribution in [-0.4, -0.2) is 33.5 Å². The van der Waals surface area contributed by atoms with E-state index >= 15 is 0 Å². The van der Waals surface area contributed by atoms with E-state index in [9.17, 15) is 9.18 Å². The Hall–Kier alpha value is -2.76. The lowest BCUT2D eigenvalue weighted by molar-refractivity contribution is 0.0703. The second-order valence-corrected chi connectivity index (χ2v) is 7.44. The highest BCUT2D eigenvalue weighted by molar-refractivity contribution is 6.07. The first-order valence-corrected chi connectivity index (χ1v) is 9.30. The fourth-order valence-corrected chi connectivity index (χ4v) is 3.96. The summed E-state index contributed by atoms with van der Waals surface area (Å²) in [6, 6.07) is 8.27. The van der Waals surface area contributed by atoms with Gasteiger partial charge in [-0.2, -0.15) is 0 Å². The highest BCUT2D eigenvalue weighted by atomic mass is 19.1. The highest BCUT2D eigenvalue weighted by Crippen LogP contribution is 2.32. The van der Waals surface area contributed by atoms with Gasteiger partial charge in [-0.1, -0.05) is 31.1 Å². The van der Waals surface area contributed by atoms with Crippen molar-refractivity contribution in [1.82, 2.24) is 15.0 Å². The quantitative estimate of drug-likeness (QED) is 0.679. The van der Waals surface area contributed by atoms with Gasteiger partial charge in [-0.15, -0.1) is 0 Å². The summed E-state index contributed by atoms with van der Waals surface area (Å²) in [6.45, 7) is 6.78. The van der Waals surface area contributed by atoms with Crippen molar-refractivity contribution in [1.29, 1.82) is 0 Å². The van der Waals surface area contributed by atoms with E-state index < -0.39 is 0 Å². The number of carbonyl (C=O) groups excluding carboxylic acids is 1. The Morgan fingerprint density at radius 3 is 2.85 bits per heavy atom. The molecule has 0 aliphatic carbocycles. The minimum Gasteiger partial charge on any atom is -0.335 e. The van der Waals surface area contributed by atoms with E-state index in [0.717, 1.165) is 19.4 Å². The Morgan fingerprint density at radius 1 is 1.33 bits per heavy atom. The van der Waals surface area contributed by atoms with Gasteiger partial charge in [0.2, 0.25) is 0 Å². The molecule has 1 aromatic carbocycles. The van der Waals surface area contributed by atoms with E-state index in [2.05, 4.69) is 24.0 Å². The first kappa shape index (κ1) is 17.6. The minimum atomic E-state index is -0.389. The molecule has 5 nitrogen and oxygen atoms in total. The summed E-state index contributed by atoms with van der Waals surface area (Å²) in [5.41, 5.74) is 2.06. The molecular weight excluding hydrogens is 345 g/mol.